The van der Waals surface area contributed by atoms with Gasteiger partial charge in [0, 0.05) is 6.61 Å². The summed E-state index contributed by atoms with van der Waals surface area (Å²) in [4.78, 5) is 0. The Morgan fingerprint density at radius 1 is 1.08 bits per heavy atom. The Labute approximate surface area is 77.0 Å². The Hall–Kier alpha value is -1.26. The number of aromatic hydroxyl groups is 2. The van der Waals surface area contributed by atoms with E-state index in [0.717, 1.165) is 5.56 Å². The minimum atomic E-state index is -0.109. The van der Waals surface area contributed by atoms with Crippen LogP contribution < -0.4 is 6.15 Å². The Morgan fingerprint density at radius 3 is 2.31 bits per heavy atom. The van der Waals surface area contributed by atoms with E-state index < -0.39 is 0 Å². The van der Waals surface area contributed by atoms with Crippen molar-refractivity contribution in [2.24, 2.45) is 0 Å². The van der Waals surface area contributed by atoms with Gasteiger partial charge < -0.3 is 21.5 Å². The Bertz CT molecular complexity index is 263. The molecule has 0 aliphatic carbocycles. The molecule has 0 radical (unpaired) electrons. The van der Waals surface area contributed by atoms with Crippen LogP contribution in [0.5, 0.6) is 11.5 Å². The number of benzene rings is 1. The summed E-state index contributed by atoms with van der Waals surface area (Å²) in [5.41, 5.74) is 0.916. The third-order valence-corrected chi connectivity index (χ3v) is 1.66. The average molecular weight is 185 g/mol. The van der Waals surface area contributed by atoms with Gasteiger partial charge in [-0.1, -0.05) is 6.07 Å². The van der Waals surface area contributed by atoms with Crippen molar-refractivity contribution in [1.82, 2.24) is 6.15 Å². The van der Waals surface area contributed by atoms with E-state index in [2.05, 4.69) is 0 Å². The van der Waals surface area contributed by atoms with E-state index in [1.54, 1.807) is 6.07 Å². The molecule has 1 aromatic carbocycles. The lowest BCUT2D eigenvalue weighted by Gasteiger charge is -2.01. The summed E-state index contributed by atoms with van der Waals surface area (Å²) in [5, 5.41) is 26.6. The van der Waals surface area contributed by atoms with Crippen LogP contribution in [0.2, 0.25) is 0 Å². The lowest BCUT2D eigenvalue weighted by Crippen LogP contribution is -1.88. The molecule has 0 atom stereocenters. The Balaban J connectivity index is 0.00000144. The van der Waals surface area contributed by atoms with Gasteiger partial charge in [-0.25, -0.2) is 0 Å². The second-order valence-corrected chi connectivity index (χ2v) is 2.65. The van der Waals surface area contributed by atoms with Crippen LogP contribution in [-0.2, 0) is 6.42 Å². The summed E-state index contributed by atoms with van der Waals surface area (Å²) in [6.45, 7) is 0.141. The van der Waals surface area contributed by atoms with Crippen molar-refractivity contribution in [1.29, 1.82) is 0 Å². The number of hydrogen-bond donors (Lipinski definition) is 4. The predicted octanol–water partition coefficient (Wildman–Crippen LogP) is 1.18. The van der Waals surface area contributed by atoms with Crippen molar-refractivity contribution in [3.63, 3.8) is 0 Å². The summed E-state index contributed by atoms with van der Waals surface area (Å²) in [5.74, 6) is -0.215. The van der Waals surface area contributed by atoms with Gasteiger partial charge >= 0.3 is 0 Å². The first-order valence-electron chi connectivity index (χ1n) is 3.86. The maximum atomic E-state index is 9.09. The first-order chi connectivity index (χ1) is 5.74. The second kappa shape index (κ2) is 5.40. The summed E-state index contributed by atoms with van der Waals surface area (Å²) in [7, 11) is 0. The number of aliphatic hydroxyl groups excluding tert-OH is 1. The zero-order valence-corrected chi connectivity index (χ0v) is 7.40. The number of rotatable bonds is 3. The average Bonchev–Trinajstić information content (AvgIpc) is 2.07. The molecule has 0 amide bonds. The van der Waals surface area contributed by atoms with E-state index in [-0.39, 0.29) is 24.3 Å². The van der Waals surface area contributed by atoms with Gasteiger partial charge in [-0.05, 0) is 30.5 Å². The van der Waals surface area contributed by atoms with Gasteiger partial charge in [0.2, 0.25) is 0 Å². The smallest absolute Gasteiger partial charge is 0.157 e. The predicted molar refractivity (Wildman–Crippen MR) is 50.2 cm³/mol. The number of hydrogen-bond acceptors (Lipinski definition) is 4. The normalized spacial score (nSPS) is 9.31. The van der Waals surface area contributed by atoms with Gasteiger partial charge in [0.05, 0.1) is 0 Å². The van der Waals surface area contributed by atoms with E-state index >= 15 is 0 Å². The van der Waals surface area contributed by atoms with E-state index in [1.807, 2.05) is 0 Å². The molecular formula is C9H15NO3. The molecule has 6 N–H and O–H groups in total. The highest BCUT2D eigenvalue weighted by Gasteiger charge is 1.99. The maximum Gasteiger partial charge on any atom is 0.157 e. The molecule has 4 nitrogen and oxygen atoms in total. The first-order valence-corrected chi connectivity index (χ1v) is 3.86. The molecule has 74 valence electrons. The number of aryl methyl sites for hydroxylation is 1. The van der Waals surface area contributed by atoms with Crippen LogP contribution >= 0.6 is 0 Å². The van der Waals surface area contributed by atoms with E-state index in [4.69, 9.17) is 15.3 Å². The van der Waals surface area contributed by atoms with Crippen LogP contribution in [0.3, 0.4) is 0 Å². The molecule has 0 aromatic heterocycles. The lowest BCUT2D eigenvalue weighted by molar-refractivity contribution is 0.288. The topological polar surface area (TPSA) is 95.7 Å². The summed E-state index contributed by atoms with van der Waals surface area (Å²) in [6.07, 6.45) is 1.38. The fourth-order valence-electron chi connectivity index (χ4n) is 1.01. The molecule has 1 rings (SSSR count). The monoisotopic (exact) mass is 185 g/mol. The van der Waals surface area contributed by atoms with Crippen LogP contribution in [0.15, 0.2) is 18.2 Å². The van der Waals surface area contributed by atoms with Crippen LogP contribution in [0.25, 0.3) is 0 Å². The van der Waals surface area contributed by atoms with E-state index in [9.17, 15) is 0 Å². The molecule has 1 aromatic rings. The molecule has 0 saturated carbocycles. The highest BCUT2D eigenvalue weighted by atomic mass is 16.3. The second-order valence-electron chi connectivity index (χ2n) is 2.65. The van der Waals surface area contributed by atoms with Crippen molar-refractivity contribution in [2.75, 3.05) is 6.61 Å². The van der Waals surface area contributed by atoms with E-state index in [0.29, 0.717) is 12.8 Å². The van der Waals surface area contributed by atoms with Crippen molar-refractivity contribution in [3.05, 3.63) is 23.8 Å². The maximum absolute atomic E-state index is 9.09. The highest BCUT2D eigenvalue weighted by Crippen LogP contribution is 2.25. The molecular weight excluding hydrogens is 170 g/mol. The largest absolute Gasteiger partial charge is 0.504 e. The fraction of sp³-hybridized carbons (Fsp3) is 0.333. The quantitative estimate of drug-likeness (QED) is 0.532. The molecule has 0 aliphatic rings. The van der Waals surface area contributed by atoms with E-state index in [1.165, 1.54) is 12.1 Å². The Kier molecular flexibility index (Phi) is 4.87. The standard InChI is InChI=1S/C9H12O3.H3N/c10-5-1-2-7-3-4-8(11)9(12)6-7;/h3-4,6,10-12H,1-2,5H2;1H3. The first kappa shape index (κ1) is 11.7. The van der Waals surface area contributed by atoms with Crippen molar-refractivity contribution < 1.29 is 15.3 Å². The lowest BCUT2D eigenvalue weighted by atomic mass is 10.1. The van der Waals surface area contributed by atoms with Gasteiger partial charge in [0.1, 0.15) is 0 Å². The van der Waals surface area contributed by atoms with Crippen LogP contribution in [-0.4, -0.2) is 21.9 Å². The zero-order chi connectivity index (χ0) is 8.97. The van der Waals surface area contributed by atoms with Crippen LogP contribution in [0.1, 0.15) is 12.0 Å². The van der Waals surface area contributed by atoms with Gasteiger partial charge in [-0.3, -0.25) is 0 Å². The highest BCUT2D eigenvalue weighted by molar-refractivity contribution is 5.40. The molecule has 0 aliphatic heterocycles. The van der Waals surface area contributed by atoms with Gasteiger partial charge in [0.25, 0.3) is 0 Å². The van der Waals surface area contributed by atoms with Gasteiger partial charge in [0.15, 0.2) is 11.5 Å². The SMILES string of the molecule is N.OCCCc1ccc(O)c(O)c1. The molecule has 0 unspecified atom stereocenters. The minimum absolute atomic E-state index is 0. The van der Waals surface area contributed by atoms with Crippen LogP contribution in [0.4, 0.5) is 0 Å². The molecule has 0 fully saturated rings. The van der Waals surface area contributed by atoms with Crippen molar-refractivity contribution >= 4 is 0 Å². The zero-order valence-electron chi connectivity index (χ0n) is 7.40. The Morgan fingerprint density at radius 2 is 1.77 bits per heavy atom. The molecule has 13 heavy (non-hydrogen) atoms. The number of aliphatic hydroxyl groups is 1. The number of phenols is 2. The third-order valence-electron chi connectivity index (χ3n) is 1.66. The van der Waals surface area contributed by atoms with Gasteiger partial charge in [-0.15, -0.1) is 0 Å². The molecule has 0 spiro atoms. The summed E-state index contributed by atoms with van der Waals surface area (Å²) >= 11 is 0. The van der Waals surface area contributed by atoms with Crippen LogP contribution in [0, 0.1) is 0 Å². The van der Waals surface area contributed by atoms with Crippen molar-refractivity contribution in [2.45, 2.75) is 12.8 Å². The summed E-state index contributed by atoms with van der Waals surface area (Å²) in [6, 6.07) is 4.68. The molecule has 0 heterocycles. The third kappa shape index (κ3) is 3.31. The fourth-order valence-corrected chi connectivity index (χ4v) is 1.01. The minimum Gasteiger partial charge on any atom is -0.504 e. The number of phenolic OH excluding ortho intramolecular Hbond substituents is 2. The van der Waals surface area contributed by atoms with Crippen molar-refractivity contribution in [3.8, 4) is 11.5 Å². The summed E-state index contributed by atoms with van der Waals surface area (Å²) < 4.78 is 0. The molecule has 4 heteroatoms. The molecule has 0 saturated heterocycles. The molecule has 0 bridgehead atoms. The van der Waals surface area contributed by atoms with Gasteiger partial charge in [-0.2, -0.15) is 0 Å².